The molecule has 1 atom stereocenters. The van der Waals surface area contributed by atoms with Crippen LogP contribution >= 0.6 is 0 Å². The van der Waals surface area contributed by atoms with Crippen LogP contribution in [0, 0.1) is 0 Å². The third-order valence-corrected chi connectivity index (χ3v) is 3.51. The topological polar surface area (TPSA) is 67.8 Å². The Balaban J connectivity index is 1.81. The van der Waals surface area contributed by atoms with E-state index in [1.54, 1.807) is 7.11 Å². The van der Waals surface area contributed by atoms with Gasteiger partial charge in [-0.2, -0.15) is 0 Å². The van der Waals surface area contributed by atoms with Crippen LogP contribution in [0.5, 0.6) is 5.75 Å². The van der Waals surface area contributed by atoms with Gasteiger partial charge in [-0.1, -0.05) is 42.5 Å². The molecule has 0 aliphatic rings. The van der Waals surface area contributed by atoms with Crippen LogP contribution in [0.15, 0.2) is 54.6 Å². The lowest BCUT2D eigenvalue weighted by Gasteiger charge is -2.16. The van der Waals surface area contributed by atoms with Gasteiger partial charge in [0.25, 0.3) is 0 Å². The molecule has 2 rings (SSSR count). The normalized spacial score (nSPS) is 11.6. The van der Waals surface area contributed by atoms with Crippen molar-refractivity contribution in [1.29, 1.82) is 0 Å². The van der Waals surface area contributed by atoms with E-state index >= 15 is 0 Å². The third kappa shape index (κ3) is 5.30. The SMILES string of the molecule is COc1ccc(C(CO)CNC(=O)OCc2ccccc2)cc1. The molecule has 0 spiro atoms. The summed E-state index contributed by atoms with van der Waals surface area (Å²) in [5.74, 6) is 0.561. The zero-order valence-electron chi connectivity index (χ0n) is 13.1. The molecule has 0 bridgehead atoms. The summed E-state index contributed by atoms with van der Waals surface area (Å²) in [7, 11) is 1.60. The number of aliphatic hydroxyl groups excluding tert-OH is 1. The Morgan fingerprint density at radius 3 is 2.43 bits per heavy atom. The molecule has 2 aromatic rings. The van der Waals surface area contributed by atoms with Gasteiger partial charge in [-0.25, -0.2) is 4.79 Å². The molecule has 0 aliphatic heterocycles. The van der Waals surface area contributed by atoms with Crippen molar-refractivity contribution < 1.29 is 19.4 Å². The average molecular weight is 315 g/mol. The summed E-state index contributed by atoms with van der Waals surface area (Å²) in [5, 5.41) is 12.2. The monoisotopic (exact) mass is 315 g/mol. The lowest BCUT2D eigenvalue weighted by molar-refractivity contribution is 0.137. The van der Waals surface area contributed by atoms with E-state index in [1.165, 1.54) is 0 Å². The fraction of sp³-hybridized carbons (Fsp3) is 0.278. The van der Waals surface area contributed by atoms with Gasteiger partial charge in [0, 0.05) is 12.5 Å². The average Bonchev–Trinajstić information content (AvgIpc) is 2.62. The number of carbonyl (C=O) groups excluding carboxylic acids is 1. The minimum absolute atomic E-state index is 0.0642. The van der Waals surface area contributed by atoms with Crippen molar-refractivity contribution in [2.75, 3.05) is 20.3 Å². The van der Waals surface area contributed by atoms with Crippen LogP contribution in [-0.4, -0.2) is 31.5 Å². The van der Waals surface area contributed by atoms with Gasteiger partial charge >= 0.3 is 6.09 Å². The first kappa shape index (κ1) is 16.8. The van der Waals surface area contributed by atoms with Crippen LogP contribution in [0.1, 0.15) is 17.0 Å². The van der Waals surface area contributed by atoms with Gasteiger partial charge in [0.1, 0.15) is 12.4 Å². The first-order valence-corrected chi connectivity index (χ1v) is 7.42. The predicted octanol–water partition coefficient (Wildman–Crippen LogP) is 2.70. The second-order valence-electron chi connectivity index (χ2n) is 5.10. The largest absolute Gasteiger partial charge is 0.497 e. The molecule has 0 aromatic heterocycles. The zero-order chi connectivity index (χ0) is 16.5. The van der Waals surface area contributed by atoms with E-state index in [0.29, 0.717) is 6.54 Å². The molecule has 5 nitrogen and oxygen atoms in total. The van der Waals surface area contributed by atoms with Gasteiger partial charge in [-0.15, -0.1) is 0 Å². The van der Waals surface area contributed by atoms with Gasteiger partial charge in [0.15, 0.2) is 0 Å². The Kier molecular flexibility index (Phi) is 6.44. The van der Waals surface area contributed by atoms with Crippen molar-refractivity contribution in [3.63, 3.8) is 0 Å². The van der Waals surface area contributed by atoms with E-state index in [0.717, 1.165) is 16.9 Å². The Morgan fingerprint density at radius 1 is 1.13 bits per heavy atom. The molecule has 0 aliphatic carbocycles. The summed E-state index contributed by atoms with van der Waals surface area (Å²) in [4.78, 5) is 11.7. The first-order chi connectivity index (χ1) is 11.2. The molecule has 1 amide bonds. The van der Waals surface area contributed by atoms with Crippen LogP contribution in [0.25, 0.3) is 0 Å². The summed E-state index contributed by atoms with van der Waals surface area (Å²) in [6.45, 7) is 0.459. The number of benzene rings is 2. The van der Waals surface area contributed by atoms with E-state index in [1.807, 2.05) is 54.6 Å². The smallest absolute Gasteiger partial charge is 0.407 e. The second kappa shape index (κ2) is 8.80. The van der Waals surface area contributed by atoms with E-state index in [2.05, 4.69) is 5.32 Å². The number of alkyl carbamates (subject to hydrolysis) is 1. The molecule has 1 unspecified atom stereocenters. The molecule has 5 heteroatoms. The van der Waals surface area contributed by atoms with Crippen LogP contribution in [0.4, 0.5) is 4.79 Å². The molecule has 2 aromatic carbocycles. The van der Waals surface area contributed by atoms with Crippen molar-refractivity contribution in [3.8, 4) is 5.75 Å². The molecular formula is C18H21NO4. The van der Waals surface area contributed by atoms with Crippen LogP contribution in [0.2, 0.25) is 0 Å². The standard InChI is InChI=1S/C18H21NO4/c1-22-17-9-7-15(8-10-17)16(12-20)11-19-18(21)23-13-14-5-3-2-4-6-14/h2-10,16,20H,11-13H2,1H3,(H,19,21). The van der Waals surface area contributed by atoms with Crippen molar-refractivity contribution in [3.05, 3.63) is 65.7 Å². The number of carbonyl (C=O) groups is 1. The maximum absolute atomic E-state index is 11.7. The highest BCUT2D eigenvalue weighted by Gasteiger charge is 2.13. The zero-order valence-corrected chi connectivity index (χ0v) is 13.1. The van der Waals surface area contributed by atoms with Crippen molar-refractivity contribution in [1.82, 2.24) is 5.32 Å². The highest BCUT2D eigenvalue weighted by Crippen LogP contribution is 2.18. The van der Waals surface area contributed by atoms with Gasteiger partial charge in [0.2, 0.25) is 0 Å². The number of methoxy groups -OCH3 is 1. The summed E-state index contributed by atoms with van der Waals surface area (Å²) in [6, 6.07) is 16.9. The maximum atomic E-state index is 11.7. The molecule has 2 N–H and O–H groups in total. The van der Waals surface area contributed by atoms with E-state index < -0.39 is 6.09 Å². The Hall–Kier alpha value is -2.53. The van der Waals surface area contributed by atoms with E-state index in [9.17, 15) is 9.90 Å². The summed E-state index contributed by atoms with van der Waals surface area (Å²) >= 11 is 0. The molecule has 0 saturated heterocycles. The minimum atomic E-state index is -0.499. The molecule has 0 heterocycles. The first-order valence-electron chi connectivity index (χ1n) is 7.42. The molecule has 0 saturated carbocycles. The van der Waals surface area contributed by atoms with Crippen LogP contribution < -0.4 is 10.1 Å². The van der Waals surface area contributed by atoms with Gasteiger partial charge in [-0.05, 0) is 23.3 Å². The minimum Gasteiger partial charge on any atom is -0.497 e. The van der Waals surface area contributed by atoms with Crippen molar-refractivity contribution in [2.24, 2.45) is 0 Å². The Morgan fingerprint density at radius 2 is 1.83 bits per heavy atom. The second-order valence-corrected chi connectivity index (χ2v) is 5.10. The number of hydrogen-bond donors (Lipinski definition) is 2. The van der Waals surface area contributed by atoms with E-state index in [-0.39, 0.29) is 19.1 Å². The molecule has 0 fully saturated rings. The quantitative estimate of drug-likeness (QED) is 0.824. The molecule has 122 valence electrons. The number of ether oxygens (including phenoxy) is 2. The van der Waals surface area contributed by atoms with Crippen molar-refractivity contribution >= 4 is 6.09 Å². The van der Waals surface area contributed by atoms with Crippen LogP contribution in [-0.2, 0) is 11.3 Å². The number of aliphatic hydroxyl groups is 1. The van der Waals surface area contributed by atoms with Gasteiger partial charge < -0.3 is 19.9 Å². The van der Waals surface area contributed by atoms with Crippen LogP contribution in [0.3, 0.4) is 0 Å². The summed E-state index contributed by atoms with van der Waals surface area (Å²) in [5.41, 5.74) is 1.85. The van der Waals surface area contributed by atoms with Crippen molar-refractivity contribution in [2.45, 2.75) is 12.5 Å². The summed E-state index contributed by atoms with van der Waals surface area (Å²) < 4.78 is 10.2. The Bertz CT molecular complexity index is 598. The molecule has 23 heavy (non-hydrogen) atoms. The number of nitrogens with one attached hydrogen (secondary N) is 1. The number of rotatable bonds is 7. The molecule has 0 radical (unpaired) electrons. The highest BCUT2D eigenvalue weighted by molar-refractivity contribution is 5.67. The van der Waals surface area contributed by atoms with Gasteiger partial charge in [0.05, 0.1) is 13.7 Å². The lowest BCUT2D eigenvalue weighted by Crippen LogP contribution is -2.30. The summed E-state index contributed by atoms with van der Waals surface area (Å²) in [6.07, 6.45) is -0.499. The molecular weight excluding hydrogens is 294 g/mol. The Labute approximate surface area is 135 Å². The maximum Gasteiger partial charge on any atom is 0.407 e. The fourth-order valence-corrected chi connectivity index (χ4v) is 2.14. The predicted molar refractivity (Wildman–Crippen MR) is 87.5 cm³/mol. The third-order valence-electron chi connectivity index (χ3n) is 3.51. The van der Waals surface area contributed by atoms with E-state index in [4.69, 9.17) is 9.47 Å². The fourth-order valence-electron chi connectivity index (χ4n) is 2.14. The lowest BCUT2D eigenvalue weighted by atomic mass is 10.00. The van der Waals surface area contributed by atoms with Gasteiger partial charge in [-0.3, -0.25) is 0 Å². The number of hydrogen-bond acceptors (Lipinski definition) is 4. The highest BCUT2D eigenvalue weighted by atomic mass is 16.5. The number of amides is 1.